The molecule has 2 unspecified atom stereocenters. The molecule has 0 bridgehead atoms. The summed E-state index contributed by atoms with van der Waals surface area (Å²) < 4.78 is 19.0. The highest BCUT2D eigenvalue weighted by molar-refractivity contribution is 6.99. The van der Waals surface area contributed by atoms with Crippen LogP contribution in [0.25, 0.3) is 0 Å². The van der Waals surface area contributed by atoms with Gasteiger partial charge in [-0.05, 0) is 20.8 Å². The summed E-state index contributed by atoms with van der Waals surface area (Å²) in [7, 11) is 0. The maximum absolute atomic E-state index is 9.95. The molecule has 0 radical (unpaired) electrons. The number of rotatable bonds is 6. The summed E-state index contributed by atoms with van der Waals surface area (Å²) in [5.41, 5.74) is -0.0573. The van der Waals surface area contributed by atoms with E-state index in [0.29, 0.717) is 37.9 Å². The lowest BCUT2D eigenvalue weighted by Crippen LogP contribution is -2.43. The zero-order valence-corrected chi connectivity index (χ0v) is 14.0. The van der Waals surface area contributed by atoms with Crippen LogP contribution in [0.3, 0.4) is 0 Å². The molecule has 1 aromatic rings. The normalized spacial score (nSPS) is 21.0. The van der Waals surface area contributed by atoms with Crippen LogP contribution in [0.15, 0.2) is 0 Å². The molecule has 1 aliphatic heterocycles. The number of aliphatic hydroxyl groups excluding tert-OH is 2. The van der Waals surface area contributed by atoms with E-state index < -0.39 is 12.4 Å². The molecule has 0 spiro atoms. The fourth-order valence-electron chi connectivity index (χ4n) is 1.94. The molecule has 0 amide bonds. The number of hydrogen-bond donors (Lipinski definition) is 3. The van der Waals surface area contributed by atoms with Gasteiger partial charge >= 0.3 is 0 Å². The van der Waals surface area contributed by atoms with Gasteiger partial charge in [-0.1, -0.05) is 0 Å². The van der Waals surface area contributed by atoms with Crippen molar-refractivity contribution in [2.24, 2.45) is 0 Å². The highest BCUT2D eigenvalue weighted by Gasteiger charge is 2.24. The first-order valence-electron chi connectivity index (χ1n) is 7.28. The molecule has 3 N–H and O–H groups in total. The molecule has 1 aromatic heterocycles. The van der Waals surface area contributed by atoms with Gasteiger partial charge in [-0.25, -0.2) is 0 Å². The van der Waals surface area contributed by atoms with Crippen molar-refractivity contribution in [2.45, 2.75) is 38.7 Å². The van der Waals surface area contributed by atoms with E-state index in [9.17, 15) is 10.2 Å². The summed E-state index contributed by atoms with van der Waals surface area (Å²) in [6.07, 6.45) is -1.46. The second kappa shape index (κ2) is 7.51. The molecule has 0 saturated carbocycles. The molecule has 1 saturated heterocycles. The topological polar surface area (TPSA) is 100.0 Å². The summed E-state index contributed by atoms with van der Waals surface area (Å²) in [4.78, 5) is 1.87. The molecule has 1 fully saturated rings. The number of nitrogens with zero attached hydrogens (tertiary/aromatic N) is 3. The van der Waals surface area contributed by atoms with Crippen molar-refractivity contribution < 1.29 is 19.7 Å². The third kappa shape index (κ3) is 5.33. The molecule has 9 heteroatoms. The van der Waals surface area contributed by atoms with Gasteiger partial charge in [0.05, 0.1) is 24.9 Å². The standard InChI is InChI=1S/C13H24N4O4S/c1-13(2,3)14-6-9(18)8-21-12-11(15-22-16-12)17-4-5-20-10(19)7-17/h9-10,14,18-19H,4-8H2,1-3H3. The second-order valence-corrected chi connectivity index (χ2v) is 6.79. The SMILES string of the molecule is CC(C)(C)NCC(O)COc1nsnc1N1CCOC(O)C1. The van der Waals surface area contributed by atoms with Crippen molar-refractivity contribution in [3.05, 3.63) is 0 Å². The summed E-state index contributed by atoms with van der Waals surface area (Å²) >= 11 is 1.04. The molecule has 0 aromatic carbocycles. The predicted molar refractivity (Wildman–Crippen MR) is 83.3 cm³/mol. The van der Waals surface area contributed by atoms with E-state index in [4.69, 9.17) is 9.47 Å². The number of β-amino-alcohol motifs (C(OH)–C–C–N with tert-alkyl or cyclic N) is 2. The van der Waals surface area contributed by atoms with E-state index >= 15 is 0 Å². The maximum Gasteiger partial charge on any atom is 0.270 e. The van der Waals surface area contributed by atoms with Gasteiger partial charge in [0, 0.05) is 18.6 Å². The third-order valence-corrected chi connectivity index (χ3v) is 3.57. The summed E-state index contributed by atoms with van der Waals surface area (Å²) in [5.74, 6) is 0.970. The molecule has 8 nitrogen and oxygen atoms in total. The van der Waals surface area contributed by atoms with Gasteiger partial charge in [0.2, 0.25) is 5.82 Å². The molecule has 2 heterocycles. The Hall–Kier alpha value is -1.00. The Labute approximate surface area is 134 Å². The lowest BCUT2D eigenvalue weighted by atomic mass is 10.1. The zero-order valence-electron chi connectivity index (χ0n) is 13.2. The fourth-order valence-corrected chi connectivity index (χ4v) is 2.46. The number of hydrogen-bond acceptors (Lipinski definition) is 9. The quantitative estimate of drug-likeness (QED) is 0.660. The van der Waals surface area contributed by atoms with Crippen molar-refractivity contribution >= 4 is 17.5 Å². The van der Waals surface area contributed by atoms with Crippen molar-refractivity contribution in [3.8, 4) is 5.88 Å². The van der Waals surface area contributed by atoms with Crippen LogP contribution in [0, 0.1) is 0 Å². The van der Waals surface area contributed by atoms with Crippen LogP contribution in [-0.2, 0) is 4.74 Å². The van der Waals surface area contributed by atoms with Gasteiger partial charge in [-0.15, -0.1) is 4.37 Å². The second-order valence-electron chi connectivity index (χ2n) is 6.26. The van der Waals surface area contributed by atoms with Crippen LogP contribution in [-0.4, -0.2) is 69.7 Å². The Morgan fingerprint density at radius 2 is 2.27 bits per heavy atom. The average molecular weight is 332 g/mol. The Morgan fingerprint density at radius 1 is 1.50 bits per heavy atom. The molecular formula is C13H24N4O4S. The van der Waals surface area contributed by atoms with Crippen LogP contribution in [0.4, 0.5) is 5.82 Å². The van der Waals surface area contributed by atoms with E-state index in [1.165, 1.54) is 0 Å². The average Bonchev–Trinajstić information content (AvgIpc) is 2.90. The van der Waals surface area contributed by atoms with Crippen LogP contribution >= 0.6 is 11.7 Å². The minimum atomic E-state index is -0.829. The van der Waals surface area contributed by atoms with Crippen molar-refractivity contribution in [1.29, 1.82) is 0 Å². The fraction of sp³-hybridized carbons (Fsp3) is 0.846. The van der Waals surface area contributed by atoms with Gasteiger partial charge in [0.25, 0.3) is 5.88 Å². The lowest BCUT2D eigenvalue weighted by molar-refractivity contribution is -0.104. The number of nitrogens with one attached hydrogen (secondary N) is 1. The van der Waals surface area contributed by atoms with Crippen LogP contribution in [0.2, 0.25) is 0 Å². The Kier molecular flexibility index (Phi) is 5.93. The first-order valence-corrected chi connectivity index (χ1v) is 8.01. The highest BCUT2D eigenvalue weighted by atomic mass is 32.1. The first-order chi connectivity index (χ1) is 10.3. The van der Waals surface area contributed by atoms with Crippen molar-refractivity contribution in [1.82, 2.24) is 14.1 Å². The smallest absolute Gasteiger partial charge is 0.270 e. The van der Waals surface area contributed by atoms with Crippen LogP contribution in [0.1, 0.15) is 20.8 Å². The minimum absolute atomic E-state index is 0.0573. The lowest BCUT2D eigenvalue weighted by Gasteiger charge is -2.30. The predicted octanol–water partition coefficient (Wildman–Crippen LogP) is -0.179. The monoisotopic (exact) mass is 332 g/mol. The number of ether oxygens (including phenoxy) is 2. The molecule has 126 valence electrons. The molecule has 1 aliphatic rings. The van der Waals surface area contributed by atoms with E-state index in [1.807, 2.05) is 25.7 Å². The molecule has 2 rings (SSSR count). The Bertz CT molecular complexity index is 465. The largest absolute Gasteiger partial charge is 0.472 e. The van der Waals surface area contributed by atoms with Gasteiger partial charge in [-0.3, -0.25) is 0 Å². The number of anilines is 1. The van der Waals surface area contributed by atoms with E-state index in [1.54, 1.807) is 0 Å². The van der Waals surface area contributed by atoms with E-state index in [-0.39, 0.29) is 12.1 Å². The van der Waals surface area contributed by atoms with Gasteiger partial charge in [-0.2, -0.15) is 4.37 Å². The number of morpholine rings is 1. The summed E-state index contributed by atoms with van der Waals surface area (Å²) in [5, 5.41) is 22.7. The van der Waals surface area contributed by atoms with E-state index in [2.05, 4.69) is 14.1 Å². The summed E-state index contributed by atoms with van der Waals surface area (Å²) in [6.45, 7) is 8.05. The minimum Gasteiger partial charge on any atom is -0.472 e. The number of aromatic nitrogens is 2. The Morgan fingerprint density at radius 3 is 2.95 bits per heavy atom. The zero-order chi connectivity index (χ0) is 16.2. The van der Waals surface area contributed by atoms with E-state index in [0.717, 1.165) is 11.7 Å². The third-order valence-electron chi connectivity index (χ3n) is 3.07. The van der Waals surface area contributed by atoms with Gasteiger partial charge < -0.3 is 29.9 Å². The van der Waals surface area contributed by atoms with Crippen molar-refractivity contribution in [3.63, 3.8) is 0 Å². The molecule has 22 heavy (non-hydrogen) atoms. The van der Waals surface area contributed by atoms with Gasteiger partial charge in [0.1, 0.15) is 12.7 Å². The van der Waals surface area contributed by atoms with Gasteiger partial charge in [0.15, 0.2) is 6.29 Å². The molecular weight excluding hydrogens is 308 g/mol. The number of aliphatic hydroxyl groups is 2. The van der Waals surface area contributed by atoms with Crippen molar-refractivity contribution in [2.75, 3.05) is 37.7 Å². The molecule has 0 aliphatic carbocycles. The van der Waals surface area contributed by atoms with Crippen LogP contribution < -0.4 is 15.0 Å². The summed E-state index contributed by atoms with van der Waals surface area (Å²) in [6, 6.07) is 0. The maximum atomic E-state index is 9.95. The molecule has 2 atom stereocenters. The highest BCUT2D eigenvalue weighted by Crippen LogP contribution is 2.27. The van der Waals surface area contributed by atoms with Crippen LogP contribution in [0.5, 0.6) is 5.88 Å². The Balaban J connectivity index is 1.85. The first kappa shape index (κ1) is 17.4.